The molecule has 3 heteroatoms. The van der Waals surface area contributed by atoms with Crippen molar-refractivity contribution in [2.45, 2.75) is 20.3 Å². The van der Waals surface area contributed by atoms with E-state index < -0.39 is 0 Å². The average Bonchev–Trinajstić information content (AvgIpc) is 2.62. The number of anilines is 2. The smallest absolute Gasteiger partial charge is 0.0473 e. The van der Waals surface area contributed by atoms with Crippen LogP contribution in [0.2, 0.25) is 0 Å². The summed E-state index contributed by atoms with van der Waals surface area (Å²) in [6.45, 7) is 6.31. The number of aliphatic hydroxyl groups excluding tert-OH is 1. The van der Waals surface area contributed by atoms with E-state index in [0.29, 0.717) is 5.92 Å². The number of aliphatic hydroxyl groups is 1. The molecule has 2 rings (SSSR count). The minimum Gasteiger partial charge on any atom is -0.398 e. The average molecular weight is 220 g/mol. The molecule has 1 atom stereocenters. The third-order valence-electron chi connectivity index (χ3n) is 3.30. The van der Waals surface area contributed by atoms with Crippen LogP contribution >= 0.6 is 0 Å². The minimum atomic E-state index is 0.243. The van der Waals surface area contributed by atoms with Crippen molar-refractivity contribution in [3.8, 4) is 0 Å². The van der Waals surface area contributed by atoms with Gasteiger partial charge in [-0.2, -0.15) is 0 Å². The summed E-state index contributed by atoms with van der Waals surface area (Å²) in [7, 11) is 0. The molecule has 1 aromatic rings. The molecule has 0 radical (unpaired) electrons. The summed E-state index contributed by atoms with van der Waals surface area (Å²) in [5, 5.41) is 9.09. The Balaban J connectivity index is 2.22. The van der Waals surface area contributed by atoms with Crippen molar-refractivity contribution in [2.75, 3.05) is 30.3 Å². The van der Waals surface area contributed by atoms with Gasteiger partial charge in [-0.3, -0.25) is 0 Å². The molecule has 0 saturated heterocycles. The molecule has 1 heterocycles. The van der Waals surface area contributed by atoms with E-state index in [0.717, 1.165) is 30.8 Å². The van der Waals surface area contributed by atoms with Gasteiger partial charge in [-0.1, -0.05) is 13.0 Å². The fraction of sp³-hybridized carbons (Fsp3) is 0.538. The molecule has 88 valence electrons. The molecule has 1 aliphatic rings. The monoisotopic (exact) mass is 220 g/mol. The molecule has 0 aromatic heterocycles. The van der Waals surface area contributed by atoms with Gasteiger partial charge in [-0.25, -0.2) is 0 Å². The SMILES string of the molecule is Cc1cc2c(cc1N)N(CC(C)CO)CC2. The number of nitrogens with two attached hydrogens (primary N) is 1. The second kappa shape index (κ2) is 4.34. The van der Waals surface area contributed by atoms with Crippen LogP contribution in [0.15, 0.2) is 12.1 Å². The molecule has 3 N–H and O–H groups in total. The van der Waals surface area contributed by atoms with Crippen molar-refractivity contribution in [1.29, 1.82) is 0 Å². The first-order valence-corrected chi connectivity index (χ1v) is 5.86. The first-order valence-electron chi connectivity index (χ1n) is 5.86. The van der Waals surface area contributed by atoms with Crippen LogP contribution in [-0.2, 0) is 6.42 Å². The number of rotatable bonds is 3. The van der Waals surface area contributed by atoms with Gasteiger partial charge in [0.2, 0.25) is 0 Å². The Labute approximate surface area is 96.9 Å². The third kappa shape index (κ3) is 2.00. The number of hydrogen-bond donors (Lipinski definition) is 2. The summed E-state index contributed by atoms with van der Waals surface area (Å²) in [4.78, 5) is 2.33. The Bertz CT molecular complexity index is 390. The number of aryl methyl sites for hydroxylation is 1. The maximum Gasteiger partial charge on any atom is 0.0473 e. The summed E-state index contributed by atoms with van der Waals surface area (Å²) in [6.07, 6.45) is 1.09. The third-order valence-corrected chi connectivity index (χ3v) is 3.30. The van der Waals surface area contributed by atoms with Crippen LogP contribution in [0, 0.1) is 12.8 Å². The lowest BCUT2D eigenvalue weighted by atomic mass is 10.1. The fourth-order valence-electron chi connectivity index (χ4n) is 2.27. The molecule has 1 aliphatic heterocycles. The molecule has 0 saturated carbocycles. The highest BCUT2D eigenvalue weighted by atomic mass is 16.3. The number of nitrogens with zero attached hydrogens (tertiary/aromatic N) is 1. The number of hydrogen-bond acceptors (Lipinski definition) is 3. The molecule has 0 fully saturated rings. The summed E-state index contributed by atoms with van der Waals surface area (Å²) < 4.78 is 0. The molecule has 1 unspecified atom stereocenters. The highest BCUT2D eigenvalue weighted by Gasteiger charge is 2.21. The molecule has 0 amide bonds. The van der Waals surface area contributed by atoms with Crippen LogP contribution in [0.25, 0.3) is 0 Å². The Morgan fingerprint density at radius 3 is 2.94 bits per heavy atom. The van der Waals surface area contributed by atoms with Gasteiger partial charge in [0.05, 0.1) is 0 Å². The summed E-state index contributed by atoms with van der Waals surface area (Å²) in [5.41, 5.74) is 10.6. The van der Waals surface area contributed by atoms with Gasteiger partial charge in [0.15, 0.2) is 0 Å². The van der Waals surface area contributed by atoms with Crippen LogP contribution in [0.4, 0.5) is 11.4 Å². The topological polar surface area (TPSA) is 49.5 Å². The standard InChI is InChI=1S/C13H20N2O/c1-9(8-16)7-15-4-3-11-5-10(2)12(14)6-13(11)15/h5-6,9,16H,3-4,7-8,14H2,1-2H3. The normalized spacial score (nSPS) is 16.3. The van der Waals surface area contributed by atoms with E-state index in [1.54, 1.807) is 0 Å². The Morgan fingerprint density at radius 1 is 1.50 bits per heavy atom. The fourth-order valence-corrected chi connectivity index (χ4v) is 2.27. The maximum atomic E-state index is 9.09. The number of fused-ring (bicyclic) bond motifs is 1. The minimum absolute atomic E-state index is 0.243. The van der Waals surface area contributed by atoms with Crippen molar-refractivity contribution in [3.63, 3.8) is 0 Å². The van der Waals surface area contributed by atoms with Gasteiger partial charge in [0.25, 0.3) is 0 Å². The van der Waals surface area contributed by atoms with E-state index in [2.05, 4.69) is 30.9 Å². The molecule has 0 spiro atoms. The Hall–Kier alpha value is -1.22. The van der Waals surface area contributed by atoms with Gasteiger partial charge < -0.3 is 15.7 Å². The van der Waals surface area contributed by atoms with Crippen LogP contribution in [0.5, 0.6) is 0 Å². The predicted octanol–water partition coefficient (Wildman–Crippen LogP) is 1.57. The molecule has 0 aliphatic carbocycles. The van der Waals surface area contributed by atoms with Crippen molar-refractivity contribution in [1.82, 2.24) is 0 Å². The van der Waals surface area contributed by atoms with Crippen LogP contribution < -0.4 is 10.6 Å². The second-order valence-corrected chi connectivity index (χ2v) is 4.82. The molecule has 3 nitrogen and oxygen atoms in total. The van der Waals surface area contributed by atoms with Crippen LogP contribution in [0.1, 0.15) is 18.1 Å². The van der Waals surface area contributed by atoms with E-state index in [-0.39, 0.29) is 6.61 Å². The molecular weight excluding hydrogens is 200 g/mol. The zero-order valence-electron chi connectivity index (χ0n) is 10.0. The van der Waals surface area contributed by atoms with Gasteiger partial charge >= 0.3 is 0 Å². The lowest BCUT2D eigenvalue weighted by Gasteiger charge is -2.23. The van der Waals surface area contributed by atoms with E-state index in [9.17, 15) is 0 Å². The Kier molecular flexibility index (Phi) is 3.06. The summed E-state index contributed by atoms with van der Waals surface area (Å²) in [5.74, 6) is 0.313. The van der Waals surface area contributed by atoms with Gasteiger partial charge in [0.1, 0.15) is 0 Å². The van der Waals surface area contributed by atoms with Gasteiger partial charge in [-0.05, 0) is 36.5 Å². The molecule has 1 aromatic carbocycles. The number of benzene rings is 1. The highest BCUT2D eigenvalue weighted by molar-refractivity contribution is 5.67. The van der Waals surface area contributed by atoms with E-state index in [1.165, 1.54) is 11.3 Å². The lowest BCUT2D eigenvalue weighted by Crippen LogP contribution is -2.28. The first kappa shape index (κ1) is 11.3. The maximum absolute atomic E-state index is 9.09. The highest BCUT2D eigenvalue weighted by Crippen LogP contribution is 2.32. The van der Waals surface area contributed by atoms with Crippen molar-refractivity contribution >= 4 is 11.4 Å². The quantitative estimate of drug-likeness (QED) is 0.760. The second-order valence-electron chi connectivity index (χ2n) is 4.82. The predicted molar refractivity (Wildman–Crippen MR) is 67.8 cm³/mol. The van der Waals surface area contributed by atoms with Crippen molar-refractivity contribution in [2.24, 2.45) is 5.92 Å². The largest absolute Gasteiger partial charge is 0.398 e. The van der Waals surface area contributed by atoms with E-state index in [4.69, 9.17) is 10.8 Å². The summed E-state index contributed by atoms with van der Waals surface area (Å²) >= 11 is 0. The summed E-state index contributed by atoms with van der Waals surface area (Å²) in [6, 6.07) is 4.26. The van der Waals surface area contributed by atoms with Crippen LogP contribution in [-0.4, -0.2) is 24.8 Å². The lowest BCUT2D eigenvalue weighted by molar-refractivity contribution is 0.239. The zero-order chi connectivity index (χ0) is 11.7. The molecule has 16 heavy (non-hydrogen) atoms. The van der Waals surface area contributed by atoms with E-state index >= 15 is 0 Å². The van der Waals surface area contributed by atoms with Crippen LogP contribution in [0.3, 0.4) is 0 Å². The van der Waals surface area contributed by atoms with Crippen molar-refractivity contribution < 1.29 is 5.11 Å². The first-order chi connectivity index (χ1) is 7.61. The van der Waals surface area contributed by atoms with E-state index in [1.807, 2.05) is 0 Å². The Morgan fingerprint density at radius 2 is 2.25 bits per heavy atom. The van der Waals surface area contributed by atoms with Gasteiger partial charge in [0, 0.05) is 31.1 Å². The molecular formula is C13H20N2O. The van der Waals surface area contributed by atoms with Crippen molar-refractivity contribution in [3.05, 3.63) is 23.3 Å². The molecule has 0 bridgehead atoms. The van der Waals surface area contributed by atoms with Gasteiger partial charge in [-0.15, -0.1) is 0 Å². The zero-order valence-corrected chi connectivity index (χ0v) is 10.0. The number of nitrogen functional groups attached to an aromatic ring is 1.